The number of hydrogen-bond acceptors (Lipinski definition) is 6. The van der Waals surface area contributed by atoms with Crippen LogP contribution in [-0.2, 0) is 0 Å². The molecule has 160 valence electrons. The van der Waals surface area contributed by atoms with Crippen molar-refractivity contribution in [3.05, 3.63) is 84.2 Å². The molecule has 2 heterocycles. The number of ether oxygens (including phenoxy) is 1. The monoisotopic (exact) mass is 426 g/mol. The number of hydrazone groups is 1. The van der Waals surface area contributed by atoms with Gasteiger partial charge in [0.15, 0.2) is 0 Å². The van der Waals surface area contributed by atoms with E-state index in [4.69, 9.17) is 4.74 Å². The number of fused-ring (bicyclic) bond motifs is 1. The lowest BCUT2D eigenvalue weighted by atomic mass is 10.0. The highest BCUT2D eigenvalue weighted by atomic mass is 16.5. The van der Waals surface area contributed by atoms with Crippen LogP contribution in [0.15, 0.2) is 78.2 Å². The topological polar surface area (TPSA) is 96.7 Å². The number of carbonyl (C=O) groups is 1. The molecular formula is C25H22N4O3. The molecule has 0 saturated heterocycles. The molecule has 0 bridgehead atoms. The van der Waals surface area contributed by atoms with Gasteiger partial charge in [0.1, 0.15) is 11.5 Å². The minimum Gasteiger partial charge on any atom is -0.507 e. The smallest absolute Gasteiger partial charge is 0.272 e. The second kappa shape index (κ2) is 9.70. The number of nitrogens with one attached hydrogen (secondary N) is 1. The molecular weight excluding hydrogens is 404 g/mol. The Labute approximate surface area is 185 Å². The third kappa shape index (κ3) is 4.73. The summed E-state index contributed by atoms with van der Waals surface area (Å²) in [6, 6.07) is 17.8. The molecule has 2 N–H and O–H groups in total. The van der Waals surface area contributed by atoms with Crippen LogP contribution < -0.4 is 10.2 Å². The molecule has 4 rings (SSSR count). The molecule has 0 radical (unpaired) electrons. The molecule has 2 aromatic heterocycles. The Morgan fingerprint density at radius 1 is 1.16 bits per heavy atom. The maximum absolute atomic E-state index is 12.9. The van der Waals surface area contributed by atoms with Crippen molar-refractivity contribution in [3.63, 3.8) is 0 Å². The molecule has 7 heteroatoms. The number of aromatic hydroxyl groups is 1. The predicted octanol–water partition coefficient (Wildman–Crippen LogP) is 4.56. The summed E-state index contributed by atoms with van der Waals surface area (Å²) in [4.78, 5) is 21.7. The summed E-state index contributed by atoms with van der Waals surface area (Å²) in [5, 5.41) is 14.9. The standard InChI is InChI=1S/C25H22N4O3/c1-2-12-32-19-10-9-18(24(30)13-19)16-27-29-25(31)21-14-23(17-6-5-11-26-15-17)28-22-8-4-3-7-20(21)22/h3-11,13-16,30H,2,12H2,1H3,(H,29,31)/b27-16+. The molecule has 32 heavy (non-hydrogen) atoms. The third-order valence-electron chi connectivity index (χ3n) is 4.76. The first-order chi connectivity index (χ1) is 15.7. The first-order valence-corrected chi connectivity index (χ1v) is 10.2. The van der Waals surface area contributed by atoms with Crippen LogP contribution in [0.3, 0.4) is 0 Å². The number of amides is 1. The Morgan fingerprint density at radius 2 is 2.03 bits per heavy atom. The molecule has 0 saturated carbocycles. The molecule has 0 spiro atoms. The average Bonchev–Trinajstić information content (AvgIpc) is 2.83. The molecule has 2 aromatic carbocycles. The first kappa shape index (κ1) is 21.0. The molecule has 7 nitrogen and oxygen atoms in total. The van der Waals surface area contributed by atoms with E-state index in [1.54, 1.807) is 30.6 Å². The number of pyridine rings is 2. The summed E-state index contributed by atoms with van der Waals surface area (Å²) >= 11 is 0. The molecule has 0 fully saturated rings. The van der Waals surface area contributed by atoms with Crippen molar-refractivity contribution in [1.29, 1.82) is 0 Å². The van der Waals surface area contributed by atoms with E-state index in [1.807, 2.05) is 43.3 Å². The highest BCUT2D eigenvalue weighted by Gasteiger charge is 2.13. The zero-order valence-corrected chi connectivity index (χ0v) is 17.5. The molecule has 0 aliphatic rings. The fourth-order valence-corrected chi connectivity index (χ4v) is 3.19. The van der Waals surface area contributed by atoms with Crippen LogP contribution >= 0.6 is 0 Å². The van der Waals surface area contributed by atoms with Gasteiger partial charge < -0.3 is 9.84 Å². The van der Waals surface area contributed by atoms with E-state index in [0.717, 1.165) is 12.0 Å². The Kier molecular flexibility index (Phi) is 6.36. The highest BCUT2D eigenvalue weighted by molar-refractivity contribution is 6.07. The third-order valence-corrected chi connectivity index (χ3v) is 4.76. The summed E-state index contributed by atoms with van der Waals surface area (Å²) in [5.74, 6) is 0.217. The van der Waals surface area contributed by atoms with Crippen LogP contribution in [0, 0.1) is 0 Å². The Balaban J connectivity index is 1.57. The lowest BCUT2D eigenvalue weighted by Crippen LogP contribution is -2.18. The van der Waals surface area contributed by atoms with E-state index in [1.165, 1.54) is 12.3 Å². The van der Waals surface area contributed by atoms with Gasteiger partial charge >= 0.3 is 0 Å². The van der Waals surface area contributed by atoms with Crippen LogP contribution in [0.1, 0.15) is 29.3 Å². The van der Waals surface area contributed by atoms with E-state index in [2.05, 4.69) is 20.5 Å². The van der Waals surface area contributed by atoms with Crippen molar-refractivity contribution < 1.29 is 14.6 Å². The van der Waals surface area contributed by atoms with Crippen molar-refractivity contribution >= 4 is 23.0 Å². The summed E-state index contributed by atoms with van der Waals surface area (Å²) in [5.41, 5.74) is 5.60. The van der Waals surface area contributed by atoms with Crippen molar-refractivity contribution in [1.82, 2.24) is 15.4 Å². The molecule has 4 aromatic rings. The van der Waals surface area contributed by atoms with Crippen LogP contribution in [0.2, 0.25) is 0 Å². The van der Waals surface area contributed by atoms with E-state index in [0.29, 0.717) is 40.1 Å². The van der Waals surface area contributed by atoms with Crippen LogP contribution in [0.4, 0.5) is 0 Å². The number of nitrogens with zero attached hydrogens (tertiary/aromatic N) is 3. The minimum absolute atomic E-state index is 0.0184. The van der Waals surface area contributed by atoms with Crippen LogP contribution in [0.5, 0.6) is 11.5 Å². The Hall–Kier alpha value is -4.26. The van der Waals surface area contributed by atoms with Gasteiger partial charge in [-0.25, -0.2) is 10.4 Å². The number of phenolic OH excluding ortho intramolecular Hbond substituents is 1. The van der Waals surface area contributed by atoms with Gasteiger partial charge in [-0.1, -0.05) is 25.1 Å². The van der Waals surface area contributed by atoms with Gasteiger partial charge in [0, 0.05) is 35.0 Å². The van der Waals surface area contributed by atoms with Gasteiger partial charge in [0.25, 0.3) is 5.91 Å². The lowest BCUT2D eigenvalue weighted by Gasteiger charge is -2.09. The summed E-state index contributed by atoms with van der Waals surface area (Å²) in [6.07, 6.45) is 5.66. The number of hydrogen-bond donors (Lipinski definition) is 2. The Morgan fingerprint density at radius 3 is 2.81 bits per heavy atom. The minimum atomic E-state index is -0.382. The highest BCUT2D eigenvalue weighted by Crippen LogP contribution is 2.25. The summed E-state index contributed by atoms with van der Waals surface area (Å²) < 4.78 is 5.50. The zero-order chi connectivity index (χ0) is 22.3. The van der Waals surface area contributed by atoms with Gasteiger partial charge in [0.05, 0.1) is 29.6 Å². The number of benzene rings is 2. The van der Waals surface area contributed by atoms with E-state index >= 15 is 0 Å². The van der Waals surface area contributed by atoms with Gasteiger partial charge in [-0.15, -0.1) is 0 Å². The fourth-order valence-electron chi connectivity index (χ4n) is 3.19. The first-order valence-electron chi connectivity index (χ1n) is 10.2. The SMILES string of the molecule is CCCOc1ccc(/C=N/NC(=O)c2cc(-c3cccnc3)nc3ccccc23)c(O)c1. The second-order valence-electron chi connectivity index (χ2n) is 7.08. The normalized spacial score (nSPS) is 11.0. The fraction of sp³-hybridized carbons (Fsp3) is 0.120. The van der Waals surface area contributed by atoms with E-state index < -0.39 is 0 Å². The maximum atomic E-state index is 12.9. The van der Waals surface area contributed by atoms with Gasteiger partial charge in [0.2, 0.25) is 0 Å². The summed E-state index contributed by atoms with van der Waals surface area (Å²) in [7, 11) is 0. The zero-order valence-electron chi connectivity index (χ0n) is 17.5. The van der Waals surface area contributed by atoms with Crippen molar-refractivity contribution in [2.75, 3.05) is 6.61 Å². The number of aromatic nitrogens is 2. The summed E-state index contributed by atoms with van der Waals surface area (Å²) in [6.45, 7) is 2.58. The average molecular weight is 426 g/mol. The number of rotatable bonds is 7. The number of phenols is 1. The van der Waals surface area contributed by atoms with Crippen LogP contribution in [-0.4, -0.2) is 33.8 Å². The van der Waals surface area contributed by atoms with E-state index in [-0.39, 0.29) is 11.7 Å². The molecule has 0 aliphatic heterocycles. The molecule has 0 unspecified atom stereocenters. The second-order valence-corrected chi connectivity index (χ2v) is 7.08. The van der Waals surface area contributed by atoms with Crippen LogP contribution in [0.25, 0.3) is 22.2 Å². The molecule has 0 aliphatic carbocycles. The largest absolute Gasteiger partial charge is 0.507 e. The lowest BCUT2D eigenvalue weighted by molar-refractivity contribution is 0.0956. The van der Waals surface area contributed by atoms with Crippen molar-refractivity contribution in [2.24, 2.45) is 5.10 Å². The predicted molar refractivity (Wildman–Crippen MR) is 124 cm³/mol. The number of para-hydroxylation sites is 1. The van der Waals surface area contributed by atoms with Gasteiger partial charge in [-0.2, -0.15) is 5.10 Å². The van der Waals surface area contributed by atoms with Gasteiger partial charge in [-0.3, -0.25) is 9.78 Å². The quantitative estimate of drug-likeness (QED) is 0.334. The maximum Gasteiger partial charge on any atom is 0.272 e. The van der Waals surface area contributed by atoms with Gasteiger partial charge in [-0.05, 0) is 42.8 Å². The Bertz CT molecular complexity index is 1270. The van der Waals surface area contributed by atoms with E-state index in [9.17, 15) is 9.90 Å². The molecule has 0 atom stereocenters. The van der Waals surface area contributed by atoms with Crippen molar-refractivity contribution in [2.45, 2.75) is 13.3 Å². The molecule has 1 amide bonds. The number of carbonyl (C=O) groups excluding carboxylic acids is 1. The van der Waals surface area contributed by atoms with Crippen molar-refractivity contribution in [3.8, 4) is 22.8 Å².